The first-order valence-corrected chi connectivity index (χ1v) is 12.6. The van der Waals surface area contributed by atoms with Gasteiger partial charge in [0, 0.05) is 29.2 Å². The number of aromatic nitrogens is 2. The molecule has 1 amide bonds. The molecule has 188 valence electrons. The molecular formula is C24H27ClF2N4O3S. The standard InChI is InChI=1S/C24H27ClF2N4O3S/c1-14(24(2,3)4)28-23(32)21-20(30-35(33,34)16-12-10-15(25)11-13-16)19(29-31(21)5)17-8-6-7-9-18(17)22(26)27/h6-14,22,30H,1-5H3,(H,28,32)/t14-/m0/s1. The first kappa shape index (κ1) is 26.6. The lowest BCUT2D eigenvalue weighted by Crippen LogP contribution is -2.42. The Hall–Kier alpha value is -2.98. The number of aryl methyl sites for hydroxylation is 1. The third-order valence-electron chi connectivity index (χ3n) is 5.72. The van der Waals surface area contributed by atoms with Crippen LogP contribution in [0.5, 0.6) is 0 Å². The molecule has 1 atom stereocenters. The monoisotopic (exact) mass is 524 g/mol. The van der Waals surface area contributed by atoms with Gasteiger partial charge in [0.25, 0.3) is 22.4 Å². The number of alkyl halides is 2. The minimum absolute atomic E-state index is 0.00910. The van der Waals surface area contributed by atoms with Gasteiger partial charge in [0.1, 0.15) is 11.4 Å². The summed E-state index contributed by atoms with van der Waals surface area (Å²) in [5, 5.41) is 7.47. The van der Waals surface area contributed by atoms with Crippen molar-refractivity contribution in [2.24, 2.45) is 12.5 Å². The van der Waals surface area contributed by atoms with Gasteiger partial charge in [-0.15, -0.1) is 0 Å². The molecule has 0 saturated carbocycles. The normalized spacial score (nSPS) is 13.1. The van der Waals surface area contributed by atoms with Gasteiger partial charge >= 0.3 is 0 Å². The lowest BCUT2D eigenvalue weighted by Gasteiger charge is -2.28. The molecule has 1 heterocycles. The number of nitrogens with one attached hydrogen (secondary N) is 2. The third kappa shape index (κ3) is 5.82. The summed E-state index contributed by atoms with van der Waals surface area (Å²) < 4.78 is 57.6. The van der Waals surface area contributed by atoms with Crippen molar-refractivity contribution >= 4 is 33.2 Å². The molecule has 1 aromatic heterocycles. The van der Waals surface area contributed by atoms with Crippen molar-refractivity contribution in [3.63, 3.8) is 0 Å². The van der Waals surface area contributed by atoms with E-state index >= 15 is 0 Å². The largest absolute Gasteiger partial charge is 0.348 e. The highest BCUT2D eigenvalue weighted by Gasteiger charge is 2.31. The fourth-order valence-corrected chi connectivity index (χ4v) is 4.46. The van der Waals surface area contributed by atoms with Crippen LogP contribution in [0.4, 0.5) is 14.5 Å². The number of benzene rings is 2. The highest BCUT2D eigenvalue weighted by atomic mass is 35.5. The number of halogens is 3. The molecule has 3 rings (SSSR count). The fourth-order valence-electron chi connectivity index (χ4n) is 3.26. The predicted octanol–water partition coefficient (Wildman–Crippen LogP) is 5.64. The molecule has 0 bridgehead atoms. The second-order valence-electron chi connectivity index (χ2n) is 9.20. The van der Waals surface area contributed by atoms with Crippen molar-refractivity contribution in [1.29, 1.82) is 0 Å². The summed E-state index contributed by atoms with van der Waals surface area (Å²) in [5.41, 5.74) is -1.02. The number of hydrogen-bond donors (Lipinski definition) is 2. The van der Waals surface area contributed by atoms with Crippen molar-refractivity contribution in [2.45, 2.75) is 45.1 Å². The number of sulfonamides is 1. The third-order valence-corrected chi connectivity index (χ3v) is 7.34. The molecule has 0 aliphatic carbocycles. The lowest BCUT2D eigenvalue weighted by atomic mass is 9.88. The minimum Gasteiger partial charge on any atom is -0.348 e. The molecule has 2 aromatic carbocycles. The van der Waals surface area contributed by atoms with Crippen LogP contribution in [0.2, 0.25) is 5.02 Å². The number of carbonyl (C=O) groups is 1. The van der Waals surface area contributed by atoms with Crippen LogP contribution >= 0.6 is 11.6 Å². The van der Waals surface area contributed by atoms with E-state index in [1.54, 1.807) is 0 Å². The predicted molar refractivity (Wildman–Crippen MR) is 132 cm³/mol. The van der Waals surface area contributed by atoms with Gasteiger partial charge in [-0.05, 0) is 36.6 Å². The SMILES string of the molecule is C[C@H](NC(=O)c1c(NS(=O)(=O)c2ccc(Cl)cc2)c(-c2ccccc2C(F)F)nn1C)C(C)(C)C. The molecule has 0 spiro atoms. The maximum atomic E-state index is 13.8. The van der Waals surface area contributed by atoms with Gasteiger partial charge in [-0.2, -0.15) is 5.10 Å². The highest BCUT2D eigenvalue weighted by Crippen LogP contribution is 2.37. The van der Waals surface area contributed by atoms with Crippen LogP contribution in [0.15, 0.2) is 53.4 Å². The quantitative estimate of drug-likeness (QED) is 0.418. The Labute approximate surface area is 208 Å². The molecule has 0 saturated heterocycles. The van der Waals surface area contributed by atoms with Gasteiger partial charge in [-0.3, -0.25) is 14.2 Å². The molecule has 3 aromatic rings. The minimum atomic E-state index is -4.22. The van der Waals surface area contributed by atoms with Gasteiger partial charge in [0.15, 0.2) is 5.69 Å². The molecule has 0 aliphatic rings. The molecule has 0 radical (unpaired) electrons. The summed E-state index contributed by atoms with van der Waals surface area (Å²) in [4.78, 5) is 13.2. The van der Waals surface area contributed by atoms with Crippen LogP contribution in [-0.4, -0.2) is 30.1 Å². The molecule has 2 N–H and O–H groups in total. The van der Waals surface area contributed by atoms with Crippen LogP contribution in [0.3, 0.4) is 0 Å². The Balaban J connectivity index is 2.20. The first-order valence-electron chi connectivity index (χ1n) is 10.8. The molecule has 0 unspecified atom stereocenters. The first-order chi connectivity index (χ1) is 16.2. The van der Waals surface area contributed by atoms with E-state index in [9.17, 15) is 22.0 Å². The van der Waals surface area contributed by atoms with E-state index in [1.807, 2.05) is 27.7 Å². The molecule has 0 fully saturated rings. The second-order valence-corrected chi connectivity index (χ2v) is 11.3. The maximum absolute atomic E-state index is 13.8. The van der Waals surface area contributed by atoms with Crippen molar-refractivity contribution in [1.82, 2.24) is 15.1 Å². The average Bonchev–Trinajstić information content (AvgIpc) is 3.08. The zero-order chi connectivity index (χ0) is 26.1. The number of hydrogen-bond acceptors (Lipinski definition) is 4. The smallest absolute Gasteiger partial charge is 0.271 e. The van der Waals surface area contributed by atoms with Crippen molar-refractivity contribution in [3.05, 3.63) is 64.8 Å². The van der Waals surface area contributed by atoms with E-state index in [2.05, 4.69) is 15.1 Å². The van der Waals surface area contributed by atoms with E-state index in [0.29, 0.717) is 5.02 Å². The summed E-state index contributed by atoms with van der Waals surface area (Å²) in [6, 6.07) is 10.7. The van der Waals surface area contributed by atoms with Crippen LogP contribution in [0.25, 0.3) is 11.3 Å². The van der Waals surface area contributed by atoms with Gasteiger partial charge in [0.05, 0.1) is 4.90 Å². The van der Waals surface area contributed by atoms with E-state index < -0.39 is 22.4 Å². The summed E-state index contributed by atoms with van der Waals surface area (Å²) in [6.07, 6.45) is -2.84. The summed E-state index contributed by atoms with van der Waals surface area (Å²) >= 11 is 5.88. The van der Waals surface area contributed by atoms with Crippen LogP contribution in [0, 0.1) is 5.41 Å². The van der Waals surface area contributed by atoms with E-state index in [-0.39, 0.29) is 44.6 Å². The number of rotatable bonds is 7. The van der Waals surface area contributed by atoms with Crippen molar-refractivity contribution < 1.29 is 22.0 Å². The Morgan fingerprint density at radius 2 is 1.69 bits per heavy atom. The Kier molecular flexibility index (Phi) is 7.56. The number of amides is 1. The average molecular weight is 525 g/mol. The van der Waals surface area contributed by atoms with E-state index in [4.69, 9.17) is 11.6 Å². The number of carbonyl (C=O) groups excluding carboxylic acids is 1. The van der Waals surface area contributed by atoms with Crippen LogP contribution in [0.1, 0.15) is 50.2 Å². The Morgan fingerprint density at radius 1 is 1.09 bits per heavy atom. The second kappa shape index (κ2) is 9.94. The topological polar surface area (TPSA) is 93.1 Å². The Morgan fingerprint density at radius 3 is 2.26 bits per heavy atom. The zero-order valence-corrected chi connectivity index (χ0v) is 21.5. The van der Waals surface area contributed by atoms with Gasteiger partial charge < -0.3 is 5.32 Å². The zero-order valence-electron chi connectivity index (χ0n) is 19.9. The number of anilines is 1. The number of nitrogens with zero attached hydrogens (tertiary/aromatic N) is 2. The lowest BCUT2D eigenvalue weighted by molar-refractivity contribution is 0.0901. The molecular weight excluding hydrogens is 498 g/mol. The van der Waals surface area contributed by atoms with Crippen LogP contribution < -0.4 is 10.0 Å². The highest BCUT2D eigenvalue weighted by molar-refractivity contribution is 7.92. The van der Waals surface area contributed by atoms with Crippen molar-refractivity contribution in [3.8, 4) is 11.3 Å². The summed E-state index contributed by atoms with van der Waals surface area (Å²) in [6.45, 7) is 7.64. The summed E-state index contributed by atoms with van der Waals surface area (Å²) in [5.74, 6) is -0.600. The molecule has 35 heavy (non-hydrogen) atoms. The fraction of sp³-hybridized carbons (Fsp3) is 0.333. The van der Waals surface area contributed by atoms with E-state index in [0.717, 1.165) is 0 Å². The molecule has 0 aliphatic heterocycles. The molecule has 11 heteroatoms. The summed E-state index contributed by atoms with van der Waals surface area (Å²) in [7, 11) is -2.77. The van der Waals surface area contributed by atoms with E-state index in [1.165, 1.54) is 60.3 Å². The maximum Gasteiger partial charge on any atom is 0.271 e. The Bertz CT molecular complexity index is 1330. The van der Waals surface area contributed by atoms with Crippen molar-refractivity contribution in [2.75, 3.05) is 4.72 Å². The van der Waals surface area contributed by atoms with Gasteiger partial charge in [-0.25, -0.2) is 17.2 Å². The molecule has 7 nitrogen and oxygen atoms in total. The van der Waals surface area contributed by atoms with Crippen LogP contribution in [-0.2, 0) is 17.1 Å². The van der Waals surface area contributed by atoms with Gasteiger partial charge in [-0.1, -0.05) is 56.6 Å². The van der Waals surface area contributed by atoms with Gasteiger partial charge in [0.2, 0.25) is 0 Å².